The minimum Gasteiger partial charge on any atom is -0.454 e. The molecule has 3 nitrogen and oxygen atoms in total. The van der Waals surface area contributed by atoms with Gasteiger partial charge in [-0.3, -0.25) is 0 Å². The summed E-state index contributed by atoms with van der Waals surface area (Å²) in [4.78, 5) is 10.8. The minimum atomic E-state index is -0.283. The molecule has 2 N–H and O–H groups in total. The van der Waals surface area contributed by atoms with Crippen LogP contribution in [0.3, 0.4) is 0 Å². The second-order valence-corrected chi connectivity index (χ2v) is 2.86. The molecule has 3 heteroatoms. The number of hydrogen-bond acceptors (Lipinski definition) is 3. The van der Waals surface area contributed by atoms with Crippen LogP contribution in [0.4, 0.5) is 0 Å². The average molecular weight is 163 g/mol. The molecular weight excluding hydrogens is 154 g/mol. The first-order chi connectivity index (χ1) is 5.75. The topological polar surface area (TPSA) is 52.3 Å². The van der Waals surface area contributed by atoms with Crippen molar-refractivity contribution in [3.8, 4) is 0 Å². The Morgan fingerprint density at radius 1 is 1.33 bits per heavy atom. The fraction of sp³-hybridized carbons (Fsp3) is 0.222. The molecule has 1 aliphatic carbocycles. The van der Waals surface area contributed by atoms with Crippen molar-refractivity contribution >= 4 is 5.97 Å². The zero-order valence-corrected chi connectivity index (χ0v) is 6.44. The number of rotatable bonds is 0. The number of carbonyl (C=O) groups is 1. The van der Waals surface area contributed by atoms with Gasteiger partial charge < -0.3 is 10.5 Å². The lowest BCUT2D eigenvalue weighted by atomic mass is 9.94. The Morgan fingerprint density at radius 3 is 3.00 bits per heavy atom. The van der Waals surface area contributed by atoms with E-state index in [4.69, 9.17) is 10.5 Å². The van der Waals surface area contributed by atoms with E-state index in [1.165, 1.54) is 6.08 Å². The molecule has 2 atom stereocenters. The van der Waals surface area contributed by atoms with Gasteiger partial charge in [-0.15, -0.1) is 0 Å². The molecule has 2 unspecified atom stereocenters. The number of carbonyl (C=O) groups excluding carboxylic acids is 1. The number of hydrogen-bond donors (Lipinski definition) is 1. The molecule has 1 aliphatic heterocycles. The van der Waals surface area contributed by atoms with E-state index in [1.54, 1.807) is 12.2 Å². The van der Waals surface area contributed by atoms with Crippen LogP contribution >= 0.6 is 0 Å². The lowest BCUT2D eigenvalue weighted by Crippen LogP contribution is -2.28. The van der Waals surface area contributed by atoms with Gasteiger partial charge >= 0.3 is 5.97 Å². The number of nitrogens with two attached hydrogens (primary N) is 1. The van der Waals surface area contributed by atoms with Gasteiger partial charge in [-0.2, -0.15) is 0 Å². The predicted molar refractivity (Wildman–Crippen MR) is 43.9 cm³/mol. The fourth-order valence-electron chi connectivity index (χ4n) is 1.35. The lowest BCUT2D eigenvalue weighted by molar-refractivity contribution is -0.143. The first-order valence-electron chi connectivity index (χ1n) is 3.80. The van der Waals surface area contributed by atoms with E-state index in [-0.39, 0.29) is 18.0 Å². The molecule has 0 fully saturated rings. The standard InChI is InChI=1S/C9H9NO2/c10-7-2-3-8-6(5-7)1-4-9(11)12-8/h1-6,8H,10H2. The summed E-state index contributed by atoms with van der Waals surface area (Å²) in [5.74, 6) is -0.164. The molecule has 0 amide bonds. The highest BCUT2D eigenvalue weighted by Gasteiger charge is 2.24. The van der Waals surface area contributed by atoms with E-state index in [9.17, 15) is 4.79 Å². The van der Waals surface area contributed by atoms with Crippen molar-refractivity contribution in [3.05, 3.63) is 36.1 Å². The van der Waals surface area contributed by atoms with Crippen molar-refractivity contribution in [2.75, 3.05) is 0 Å². The Labute approximate surface area is 70.2 Å². The first-order valence-corrected chi connectivity index (χ1v) is 3.80. The van der Waals surface area contributed by atoms with E-state index in [2.05, 4.69) is 0 Å². The summed E-state index contributed by atoms with van der Waals surface area (Å²) >= 11 is 0. The maximum Gasteiger partial charge on any atom is 0.331 e. The van der Waals surface area contributed by atoms with Crippen LogP contribution in [0, 0.1) is 5.92 Å². The molecule has 62 valence electrons. The minimum absolute atomic E-state index is 0.118. The summed E-state index contributed by atoms with van der Waals surface area (Å²) in [5, 5.41) is 0. The summed E-state index contributed by atoms with van der Waals surface area (Å²) in [6.07, 6.45) is 8.54. The van der Waals surface area contributed by atoms with Crippen molar-refractivity contribution < 1.29 is 9.53 Å². The SMILES string of the molecule is NC1=CC2C=CC(=O)OC2C=C1. The average Bonchev–Trinajstić information content (AvgIpc) is 2.05. The molecule has 0 aromatic rings. The van der Waals surface area contributed by atoms with Gasteiger partial charge in [0.25, 0.3) is 0 Å². The monoisotopic (exact) mass is 163 g/mol. The van der Waals surface area contributed by atoms with Crippen molar-refractivity contribution in [2.45, 2.75) is 6.10 Å². The Hall–Kier alpha value is -1.51. The highest BCUT2D eigenvalue weighted by Crippen LogP contribution is 2.22. The second kappa shape index (κ2) is 2.52. The highest BCUT2D eigenvalue weighted by molar-refractivity contribution is 5.83. The van der Waals surface area contributed by atoms with Crippen LogP contribution in [0.5, 0.6) is 0 Å². The normalized spacial score (nSPS) is 32.3. The predicted octanol–water partition coefficient (Wildman–Crippen LogP) is 0.497. The van der Waals surface area contributed by atoms with Gasteiger partial charge in [0.2, 0.25) is 0 Å². The first kappa shape index (κ1) is 7.16. The molecule has 0 saturated carbocycles. The number of ether oxygens (including phenoxy) is 1. The Kier molecular flexibility index (Phi) is 1.50. The lowest BCUT2D eigenvalue weighted by Gasteiger charge is -2.25. The molecular formula is C9H9NO2. The van der Waals surface area contributed by atoms with Gasteiger partial charge in [0, 0.05) is 17.7 Å². The van der Waals surface area contributed by atoms with Crippen molar-refractivity contribution in [1.29, 1.82) is 0 Å². The van der Waals surface area contributed by atoms with E-state index in [0.717, 1.165) is 5.70 Å². The zero-order valence-electron chi connectivity index (χ0n) is 6.44. The van der Waals surface area contributed by atoms with Gasteiger partial charge in [-0.25, -0.2) is 4.79 Å². The largest absolute Gasteiger partial charge is 0.454 e. The van der Waals surface area contributed by atoms with Gasteiger partial charge in [0.05, 0.1) is 0 Å². The highest BCUT2D eigenvalue weighted by atomic mass is 16.5. The van der Waals surface area contributed by atoms with Crippen LogP contribution in [0.2, 0.25) is 0 Å². The zero-order chi connectivity index (χ0) is 8.55. The number of allylic oxidation sites excluding steroid dienone is 1. The van der Waals surface area contributed by atoms with Crippen LogP contribution < -0.4 is 5.73 Å². The molecule has 0 aromatic heterocycles. The van der Waals surface area contributed by atoms with Gasteiger partial charge in [-0.1, -0.05) is 12.2 Å². The summed E-state index contributed by atoms with van der Waals surface area (Å²) in [6, 6.07) is 0. The van der Waals surface area contributed by atoms with Gasteiger partial charge in [0.15, 0.2) is 0 Å². The maximum absolute atomic E-state index is 10.8. The van der Waals surface area contributed by atoms with Gasteiger partial charge in [-0.05, 0) is 12.2 Å². The summed E-state index contributed by atoms with van der Waals surface area (Å²) in [6.45, 7) is 0. The molecule has 0 saturated heterocycles. The van der Waals surface area contributed by atoms with Crippen molar-refractivity contribution in [3.63, 3.8) is 0 Å². The van der Waals surface area contributed by atoms with E-state index < -0.39 is 0 Å². The molecule has 0 aromatic carbocycles. The third-order valence-corrected chi connectivity index (χ3v) is 1.95. The van der Waals surface area contributed by atoms with Gasteiger partial charge in [0.1, 0.15) is 6.10 Å². The third-order valence-electron chi connectivity index (χ3n) is 1.95. The second-order valence-electron chi connectivity index (χ2n) is 2.86. The van der Waals surface area contributed by atoms with Crippen LogP contribution in [-0.2, 0) is 9.53 Å². The molecule has 2 aliphatic rings. The number of fused-ring (bicyclic) bond motifs is 1. The molecule has 0 radical (unpaired) electrons. The van der Waals surface area contributed by atoms with Crippen molar-refractivity contribution in [1.82, 2.24) is 0 Å². The quantitative estimate of drug-likeness (QED) is 0.529. The third kappa shape index (κ3) is 1.13. The summed E-state index contributed by atoms with van der Waals surface area (Å²) in [7, 11) is 0. The summed E-state index contributed by atoms with van der Waals surface area (Å²) in [5.41, 5.74) is 6.30. The number of esters is 1. The molecule has 1 heterocycles. The molecule has 0 spiro atoms. The van der Waals surface area contributed by atoms with E-state index >= 15 is 0 Å². The molecule has 0 bridgehead atoms. The Bertz CT molecular complexity index is 302. The van der Waals surface area contributed by atoms with Crippen LogP contribution in [0.25, 0.3) is 0 Å². The van der Waals surface area contributed by atoms with E-state index in [1.807, 2.05) is 12.2 Å². The maximum atomic E-state index is 10.8. The van der Waals surface area contributed by atoms with Crippen LogP contribution in [0.15, 0.2) is 36.1 Å². The smallest absolute Gasteiger partial charge is 0.331 e. The van der Waals surface area contributed by atoms with E-state index in [0.29, 0.717) is 0 Å². The van der Waals surface area contributed by atoms with Crippen molar-refractivity contribution in [2.24, 2.45) is 11.7 Å². The van der Waals surface area contributed by atoms with Crippen LogP contribution in [0.1, 0.15) is 0 Å². The molecule has 2 rings (SSSR count). The summed E-state index contributed by atoms with van der Waals surface area (Å²) < 4.78 is 5.03. The Balaban J connectivity index is 2.27. The van der Waals surface area contributed by atoms with Crippen LogP contribution in [-0.4, -0.2) is 12.1 Å². The Morgan fingerprint density at radius 2 is 2.17 bits per heavy atom. The molecule has 12 heavy (non-hydrogen) atoms. The fourth-order valence-corrected chi connectivity index (χ4v) is 1.35.